The Labute approximate surface area is 723 Å². The Balaban J connectivity index is 0.000000144. The van der Waals surface area contributed by atoms with E-state index >= 15 is 0 Å². The van der Waals surface area contributed by atoms with Crippen molar-refractivity contribution in [3.05, 3.63) is 421 Å². The van der Waals surface area contributed by atoms with Crippen molar-refractivity contribution in [3.8, 4) is 157 Å². The predicted octanol–water partition coefficient (Wildman–Crippen LogP) is 30.3. The van der Waals surface area contributed by atoms with E-state index in [0.717, 1.165) is 66.4 Å². The van der Waals surface area contributed by atoms with Gasteiger partial charge in [0, 0.05) is 55.0 Å². The summed E-state index contributed by atoms with van der Waals surface area (Å²) in [5.74, 6) is 3.91. The molecule has 0 bridgehead atoms. The summed E-state index contributed by atoms with van der Waals surface area (Å²) in [7, 11) is 0. The zero-order chi connectivity index (χ0) is 83.5. The maximum atomic E-state index is 5.28. The number of rotatable bonds is 10. The second kappa shape index (κ2) is 28.3. The van der Waals surface area contributed by atoms with Crippen LogP contribution >= 0.6 is 0 Å². The first-order valence-electron chi connectivity index (χ1n) is 43.2. The van der Waals surface area contributed by atoms with Crippen LogP contribution in [0.4, 0.5) is 0 Å². The Morgan fingerprint density at radius 2 is 0.355 bits per heavy atom. The molecule has 0 spiro atoms. The summed E-state index contributed by atoms with van der Waals surface area (Å²) in [6.07, 6.45) is 0. The van der Waals surface area contributed by atoms with Crippen LogP contribution in [-0.4, -0.2) is 29.9 Å². The van der Waals surface area contributed by atoms with Crippen molar-refractivity contribution in [1.82, 2.24) is 29.9 Å². The standard InChI is InChI=1S/C61H43N3.C57H43N3/c1-60(2)53-16-10-9-15-49(53)50-28-21-38(33-54(50)60)39-22-29-51-52-30-25-44(35-56(52)61(3,4)55(51)34-39)59-63-57(42-23-26-47-40(31-42)19-17-36-11-5-7-13-45(36)47)62-58(64-59)43-24-27-48-41(32-43)20-18-37-12-6-8-14-46(37)48;1-56(2)49-24-12-11-23-45(49)46-28-25-40(33-50(46)56)41-26-29-47-48-30-27-44(35-52(48)57(3,4)51(47)34-41)55-59-53(42-21-13-19-38(31-42)36-15-7-5-8-16-36)58-54(60-55)43-22-14-20-39(32-43)37-17-9-6-10-18-37/h5-35H,1-4H3;5-35H,1-4H3. The van der Waals surface area contributed by atoms with Crippen LogP contribution in [0.3, 0.4) is 0 Å². The molecule has 4 aliphatic carbocycles. The molecular weight excluding hydrogens is 1500 g/mol. The lowest BCUT2D eigenvalue weighted by atomic mass is 9.80. The third kappa shape index (κ3) is 12.1. The van der Waals surface area contributed by atoms with Gasteiger partial charge in [0.15, 0.2) is 34.9 Å². The van der Waals surface area contributed by atoms with Crippen LogP contribution in [0.1, 0.15) is 99.9 Å². The highest BCUT2D eigenvalue weighted by molar-refractivity contribution is 6.10. The topological polar surface area (TPSA) is 77.3 Å². The average Bonchev–Trinajstić information content (AvgIpc) is 1.59. The van der Waals surface area contributed by atoms with Crippen molar-refractivity contribution >= 4 is 43.1 Å². The molecule has 6 nitrogen and oxygen atoms in total. The van der Waals surface area contributed by atoms with Crippen LogP contribution in [-0.2, 0) is 21.7 Å². The molecule has 0 fully saturated rings. The van der Waals surface area contributed by atoms with Gasteiger partial charge in [0.2, 0.25) is 0 Å². The van der Waals surface area contributed by atoms with E-state index < -0.39 is 0 Å². The van der Waals surface area contributed by atoms with Gasteiger partial charge in [-0.3, -0.25) is 0 Å². The fourth-order valence-corrected chi connectivity index (χ4v) is 20.6. The zero-order valence-electron chi connectivity index (χ0n) is 70.5. The summed E-state index contributed by atoms with van der Waals surface area (Å²) in [4.78, 5) is 31.4. The van der Waals surface area contributed by atoms with Gasteiger partial charge in [-0.1, -0.05) is 371 Å². The Morgan fingerprint density at radius 1 is 0.137 bits per heavy atom. The molecule has 0 atom stereocenters. The Hall–Kier alpha value is -15.0. The molecule has 2 aromatic heterocycles. The summed E-state index contributed by atoms with van der Waals surface area (Å²) in [5.41, 5.74) is 36.0. The summed E-state index contributed by atoms with van der Waals surface area (Å²) in [6, 6.07) is 137. The van der Waals surface area contributed by atoms with Crippen molar-refractivity contribution in [2.75, 3.05) is 0 Å². The van der Waals surface area contributed by atoms with E-state index in [1.54, 1.807) is 0 Å². The lowest BCUT2D eigenvalue weighted by molar-refractivity contribution is 0.659. The third-order valence-electron chi connectivity index (χ3n) is 27.4. The fourth-order valence-electron chi connectivity index (χ4n) is 20.6. The van der Waals surface area contributed by atoms with Crippen LogP contribution in [0.15, 0.2) is 376 Å². The molecule has 0 amide bonds. The molecule has 18 aromatic carbocycles. The van der Waals surface area contributed by atoms with Crippen molar-refractivity contribution < 1.29 is 0 Å². The largest absolute Gasteiger partial charge is 0.208 e. The van der Waals surface area contributed by atoms with E-state index in [0.29, 0.717) is 34.9 Å². The number of aromatic nitrogens is 6. The maximum Gasteiger partial charge on any atom is 0.164 e. The van der Waals surface area contributed by atoms with Gasteiger partial charge in [0.25, 0.3) is 0 Å². The van der Waals surface area contributed by atoms with E-state index in [1.807, 2.05) is 12.1 Å². The lowest BCUT2D eigenvalue weighted by Gasteiger charge is -2.23. The molecule has 0 saturated heterocycles. The van der Waals surface area contributed by atoms with E-state index in [2.05, 4.69) is 419 Å². The lowest BCUT2D eigenvalue weighted by Crippen LogP contribution is -2.15. The van der Waals surface area contributed by atoms with Gasteiger partial charge < -0.3 is 0 Å². The predicted molar refractivity (Wildman–Crippen MR) is 514 cm³/mol. The Bertz CT molecular complexity index is 7620. The van der Waals surface area contributed by atoms with Crippen LogP contribution in [0, 0.1) is 0 Å². The van der Waals surface area contributed by atoms with Crippen LogP contribution in [0.25, 0.3) is 200 Å². The van der Waals surface area contributed by atoms with E-state index in [9.17, 15) is 0 Å². The highest BCUT2D eigenvalue weighted by Crippen LogP contribution is 2.56. The molecule has 0 saturated carbocycles. The van der Waals surface area contributed by atoms with Gasteiger partial charge in [0.1, 0.15) is 0 Å². The maximum absolute atomic E-state index is 5.28. The highest BCUT2D eigenvalue weighted by atomic mass is 15.0. The molecule has 24 rings (SSSR count). The van der Waals surface area contributed by atoms with Gasteiger partial charge in [-0.05, 0) is 237 Å². The smallest absolute Gasteiger partial charge is 0.164 e. The Morgan fingerprint density at radius 3 is 0.702 bits per heavy atom. The Kier molecular flexibility index (Phi) is 16.9. The molecule has 0 N–H and O–H groups in total. The SMILES string of the molecule is CC1(C)c2ccccc2-c2ccc(-c3ccc4c(c3)C(C)(C)c3cc(-c5nc(-c6ccc7c(ccc8ccccc87)c6)nc(-c6ccc7c(ccc8ccccc87)c6)n5)ccc3-4)cc21.CC1(C)c2ccccc2-c2ccc(-c3ccc4c(c3)C(C)(C)c3cc(-c5nc(-c6cccc(-c7ccccc7)c6)nc(-c6cccc(-c7ccccc7)c6)n5)ccc3-4)cc21. The molecule has 124 heavy (non-hydrogen) atoms. The minimum absolute atomic E-state index is 0.0469. The van der Waals surface area contributed by atoms with Gasteiger partial charge in [0.05, 0.1) is 0 Å². The number of hydrogen-bond acceptors (Lipinski definition) is 6. The molecule has 2 heterocycles. The van der Waals surface area contributed by atoms with Gasteiger partial charge in [-0.25, -0.2) is 29.9 Å². The van der Waals surface area contributed by atoms with Crippen LogP contribution < -0.4 is 0 Å². The first-order valence-corrected chi connectivity index (χ1v) is 43.2. The molecule has 6 heteroatoms. The fraction of sp³-hybridized carbons (Fsp3) is 0.102. The van der Waals surface area contributed by atoms with Gasteiger partial charge >= 0.3 is 0 Å². The summed E-state index contributed by atoms with van der Waals surface area (Å²) >= 11 is 0. The monoisotopic (exact) mass is 1590 g/mol. The molecule has 4 aliphatic rings. The van der Waals surface area contributed by atoms with E-state index in [4.69, 9.17) is 29.9 Å². The van der Waals surface area contributed by atoms with Crippen molar-refractivity contribution in [2.45, 2.75) is 77.0 Å². The van der Waals surface area contributed by atoms with Crippen molar-refractivity contribution in [1.29, 1.82) is 0 Å². The minimum atomic E-state index is -0.246. The quantitative estimate of drug-likeness (QED) is 0.127. The second-order valence-electron chi connectivity index (χ2n) is 36.1. The van der Waals surface area contributed by atoms with Crippen molar-refractivity contribution in [3.63, 3.8) is 0 Å². The van der Waals surface area contributed by atoms with Gasteiger partial charge in [-0.15, -0.1) is 0 Å². The van der Waals surface area contributed by atoms with Crippen LogP contribution in [0.5, 0.6) is 0 Å². The highest BCUT2D eigenvalue weighted by Gasteiger charge is 2.41. The summed E-state index contributed by atoms with van der Waals surface area (Å²) in [6.45, 7) is 18.8. The summed E-state index contributed by atoms with van der Waals surface area (Å²) < 4.78 is 0. The molecule has 0 unspecified atom stereocenters. The number of nitrogens with zero attached hydrogens (tertiary/aromatic N) is 6. The number of hydrogen-bond donors (Lipinski definition) is 0. The van der Waals surface area contributed by atoms with E-state index in [-0.39, 0.29) is 21.7 Å². The number of benzene rings is 18. The van der Waals surface area contributed by atoms with Gasteiger partial charge in [-0.2, -0.15) is 0 Å². The normalized spacial score (nSPS) is 14.1. The third-order valence-corrected chi connectivity index (χ3v) is 27.4. The molecule has 0 aliphatic heterocycles. The van der Waals surface area contributed by atoms with Crippen LogP contribution in [0.2, 0.25) is 0 Å². The number of fused-ring (bicyclic) bond motifs is 18. The van der Waals surface area contributed by atoms with Crippen molar-refractivity contribution in [2.24, 2.45) is 0 Å². The van der Waals surface area contributed by atoms with E-state index in [1.165, 1.54) is 144 Å². The summed E-state index contributed by atoms with van der Waals surface area (Å²) in [5, 5.41) is 9.68. The first kappa shape index (κ1) is 74.1. The molecule has 20 aromatic rings. The second-order valence-corrected chi connectivity index (χ2v) is 36.1. The molecular formula is C118H86N6. The minimum Gasteiger partial charge on any atom is -0.208 e. The average molecular weight is 1590 g/mol. The molecule has 588 valence electrons. The zero-order valence-corrected chi connectivity index (χ0v) is 70.5. The molecule has 0 radical (unpaired) electrons. The first-order chi connectivity index (χ1) is 60.4.